The number of carbonyl (C=O) groups is 1. The van der Waals surface area contributed by atoms with Crippen LogP contribution >= 0.6 is 15.9 Å². The Morgan fingerprint density at radius 3 is 2.41 bits per heavy atom. The lowest BCUT2D eigenvalue weighted by molar-refractivity contribution is 0.236. The third-order valence-corrected chi connectivity index (χ3v) is 4.93. The van der Waals surface area contributed by atoms with Crippen LogP contribution in [0.2, 0.25) is 0 Å². The van der Waals surface area contributed by atoms with Crippen LogP contribution in [0.3, 0.4) is 0 Å². The van der Waals surface area contributed by atoms with Crippen LogP contribution in [0.25, 0.3) is 0 Å². The average Bonchev–Trinajstić information content (AvgIpc) is 2.76. The summed E-state index contributed by atoms with van der Waals surface area (Å²) in [7, 11) is -3.71. The molecule has 5 nitrogen and oxygen atoms in total. The van der Waals surface area contributed by atoms with E-state index < -0.39 is 16.1 Å². The smallest absolute Gasteiger partial charge is 0.331 e. The van der Waals surface area contributed by atoms with Gasteiger partial charge in [0.15, 0.2) is 0 Å². The summed E-state index contributed by atoms with van der Waals surface area (Å²) in [5.41, 5.74) is 0.981. The number of hydrogen-bond acceptors (Lipinski definition) is 3. The van der Waals surface area contributed by atoms with Crippen molar-refractivity contribution in [2.45, 2.75) is 10.2 Å². The molecule has 0 atom stereocenters. The molecule has 1 saturated heterocycles. The Morgan fingerprint density at radius 1 is 1.29 bits per heavy atom. The molecule has 1 aliphatic heterocycles. The van der Waals surface area contributed by atoms with E-state index in [1.54, 1.807) is 12.1 Å². The Morgan fingerprint density at radius 2 is 1.94 bits per heavy atom. The molecule has 0 spiro atoms. The van der Waals surface area contributed by atoms with Crippen molar-refractivity contribution in [2.75, 3.05) is 13.1 Å². The van der Waals surface area contributed by atoms with Crippen LogP contribution in [0.1, 0.15) is 5.56 Å². The van der Waals surface area contributed by atoms with Crippen molar-refractivity contribution in [2.24, 2.45) is 0 Å². The Bertz CT molecular complexity index is 527. The van der Waals surface area contributed by atoms with E-state index in [2.05, 4.69) is 21.2 Å². The third kappa shape index (κ3) is 2.30. The summed E-state index contributed by atoms with van der Waals surface area (Å²) < 4.78 is 25.1. The molecule has 7 heteroatoms. The molecule has 2 amide bonds. The maximum absolute atomic E-state index is 12.1. The van der Waals surface area contributed by atoms with Gasteiger partial charge in [-0.1, -0.05) is 28.1 Å². The van der Waals surface area contributed by atoms with Gasteiger partial charge in [-0.3, -0.25) is 0 Å². The topological polar surface area (TPSA) is 66.5 Å². The first kappa shape index (κ1) is 12.4. The van der Waals surface area contributed by atoms with Crippen LogP contribution in [-0.4, -0.2) is 31.8 Å². The predicted octanol–water partition coefficient (Wildman–Crippen LogP) is 1.30. The fraction of sp³-hybridized carbons (Fsp3) is 0.300. The minimum atomic E-state index is -3.71. The summed E-state index contributed by atoms with van der Waals surface area (Å²) in [6.07, 6.45) is 0. The first-order valence-corrected chi connectivity index (χ1v) is 7.57. The fourth-order valence-electron chi connectivity index (χ4n) is 1.56. The van der Waals surface area contributed by atoms with Gasteiger partial charge in [-0.15, -0.1) is 0 Å². The first-order valence-electron chi connectivity index (χ1n) is 5.01. The normalized spacial score (nSPS) is 16.1. The highest BCUT2D eigenvalue weighted by molar-refractivity contribution is 9.08. The quantitative estimate of drug-likeness (QED) is 0.854. The number of benzene rings is 1. The van der Waals surface area contributed by atoms with Gasteiger partial charge in [0.2, 0.25) is 0 Å². The van der Waals surface area contributed by atoms with Crippen molar-refractivity contribution < 1.29 is 13.2 Å². The number of amides is 2. The van der Waals surface area contributed by atoms with Crippen LogP contribution in [0, 0.1) is 0 Å². The third-order valence-electron chi connectivity index (χ3n) is 2.48. The van der Waals surface area contributed by atoms with Gasteiger partial charge in [0, 0.05) is 11.9 Å². The summed E-state index contributed by atoms with van der Waals surface area (Å²) in [4.78, 5) is 11.5. The molecule has 0 unspecified atom stereocenters. The van der Waals surface area contributed by atoms with Gasteiger partial charge in [0.1, 0.15) is 0 Å². The molecule has 1 heterocycles. The van der Waals surface area contributed by atoms with Crippen LogP contribution in [-0.2, 0) is 15.4 Å². The number of urea groups is 1. The van der Waals surface area contributed by atoms with E-state index >= 15 is 0 Å². The van der Waals surface area contributed by atoms with Gasteiger partial charge in [0.05, 0.1) is 11.4 Å². The summed E-state index contributed by atoms with van der Waals surface area (Å²) in [5.74, 6) is 0. The monoisotopic (exact) mass is 318 g/mol. The number of rotatable bonds is 3. The summed E-state index contributed by atoms with van der Waals surface area (Å²) in [6, 6.07) is 5.90. The molecule has 0 aliphatic carbocycles. The van der Waals surface area contributed by atoms with Crippen LogP contribution in [0.4, 0.5) is 4.79 Å². The molecule has 0 aromatic heterocycles. The molecule has 1 aromatic carbocycles. The molecular weight excluding hydrogens is 308 g/mol. The number of nitrogens with one attached hydrogen (secondary N) is 1. The van der Waals surface area contributed by atoms with Crippen molar-refractivity contribution in [1.29, 1.82) is 0 Å². The molecule has 0 radical (unpaired) electrons. The predicted molar refractivity (Wildman–Crippen MR) is 66.4 cm³/mol. The number of alkyl halides is 1. The molecule has 92 valence electrons. The molecule has 2 rings (SSSR count). The number of hydrogen-bond donors (Lipinski definition) is 1. The Kier molecular flexibility index (Phi) is 3.39. The zero-order valence-electron chi connectivity index (χ0n) is 8.89. The zero-order chi connectivity index (χ0) is 12.5. The van der Waals surface area contributed by atoms with E-state index in [1.165, 1.54) is 12.1 Å². The lowest BCUT2D eigenvalue weighted by atomic mass is 10.2. The van der Waals surface area contributed by atoms with Gasteiger partial charge < -0.3 is 5.32 Å². The molecule has 1 aliphatic rings. The van der Waals surface area contributed by atoms with Gasteiger partial charge in [-0.2, -0.15) is 0 Å². The van der Waals surface area contributed by atoms with Crippen LogP contribution in [0.15, 0.2) is 29.2 Å². The van der Waals surface area contributed by atoms with Crippen molar-refractivity contribution in [3.8, 4) is 0 Å². The lowest BCUT2D eigenvalue weighted by Gasteiger charge is -2.14. The second-order valence-electron chi connectivity index (χ2n) is 3.59. The second kappa shape index (κ2) is 4.66. The van der Waals surface area contributed by atoms with Gasteiger partial charge >= 0.3 is 6.03 Å². The molecule has 0 bridgehead atoms. The van der Waals surface area contributed by atoms with E-state index in [1.807, 2.05) is 0 Å². The highest BCUT2D eigenvalue weighted by Gasteiger charge is 2.32. The molecule has 1 aromatic rings. The Hall–Kier alpha value is -1.08. The molecule has 17 heavy (non-hydrogen) atoms. The van der Waals surface area contributed by atoms with Crippen molar-refractivity contribution in [3.63, 3.8) is 0 Å². The lowest BCUT2D eigenvalue weighted by Crippen LogP contribution is -2.34. The summed E-state index contributed by atoms with van der Waals surface area (Å²) >= 11 is 3.28. The molecule has 1 N–H and O–H groups in total. The van der Waals surface area contributed by atoms with Crippen molar-refractivity contribution in [3.05, 3.63) is 29.8 Å². The van der Waals surface area contributed by atoms with Gasteiger partial charge in [-0.05, 0) is 17.7 Å². The zero-order valence-corrected chi connectivity index (χ0v) is 11.3. The van der Waals surface area contributed by atoms with Gasteiger partial charge in [-0.25, -0.2) is 17.5 Å². The standard InChI is InChI=1S/C10H11BrN2O3S/c11-7-8-1-3-9(4-2-8)17(15,16)13-6-5-12-10(13)14/h1-4H,5-7H2,(H,12,14). The van der Waals surface area contributed by atoms with Gasteiger partial charge in [0.25, 0.3) is 10.0 Å². The SMILES string of the molecule is O=C1NCCN1S(=O)(=O)c1ccc(CBr)cc1. The van der Waals surface area contributed by atoms with E-state index in [-0.39, 0.29) is 11.4 Å². The fourth-order valence-corrected chi connectivity index (χ4v) is 3.28. The minimum absolute atomic E-state index is 0.138. The second-order valence-corrected chi connectivity index (χ2v) is 6.01. The summed E-state index contributed by atoms with van der Waals surface area (Å²) in [5, 5.41) is 3.13. The number of halogens is 1. The molecular formula is C10H11BrN2O3S. The van der Waals surface area contributed by atoms with E-state index in [9.17, 15) is 13.2 Å². The number of sulfonamides is 1. The largest absolute Gasteiger partial charge is 0.335 e. The summed E-state index contributed by atoms with van der Waals surface area (Å²) in [6.45, 7) is 0.541. The number of nitrogens with zero attached hydrogens (tertiary/aromatic N) is 1. The maximum Gasteiger partial charge on any atom is 0.331 e. The minimum Gasteiger partial charge on any atom is -0.335 e. The highest BCUT2D eigenvalue weighted by atomic mass is 79.9. The van der Waals surface area contributed by atoms with E-state index in [0.29, 0.717) is 11.9 Å². The first-order chi connectivity index (χ1) is 8.05. The Labute approximate surface area is 108 Å². The Balaban J connectivity index is 2.34. The van der Waals surface area contributed by atoms with E-state index in [0.717, 1.165) is 9.87 Å². The van der Waals surface area contributed by atoms with Crippen LogP contribution < -0.4 is 5.32 Å². The molecule has 0 saturated carbocycles. The van der Waals surface area contributed by atoms with Crippen molar-refractivity contribution in [1.82, 2.24) is 9.62 Å². The average molecular weight is 319 g/mol. The van der Waals surface area contributed by atoms with Crippen molar-refractivity contribution >= 4 is 32.0 Å². The van der Waals surface area contributed by atoms with Crippen LogP contribution in [0.5, 0.6) is 0 Å². The highest BCUT2D eigenvalue weighted by Crippen LogP contribution is 2.18. The maximum atomic E-state index is 12.1. The molecule has 1 fully saturated rings. The van der Waals surface area contributed by atoms with E-state index in [4.69, 9.17) is 0 Å². The number of carbonyl (C=O) groups excluding carboxylic acids is 1.